The number of rotatable bonds is 6. The first-order chi connectivity index (χ1) is 9.68. The van der Waals surface area contributed by atoms with Crippen LogP contribution in [0.1, 0.15) is 57.7 Å². The second-order valence-corrected chi connectivity index (χ2v) is 5.92. The molecule has 1 saturated carbocycles. The zero-order valence-corrected chi connectivity index (χ0v) is 13.5. The molecule has 0 radical (unpaired) electrons. The molecule has 114 valence electrons. The first kappa shape index (κ1) is 15.8. The highest BCUT2D eigenvalue weighted by Crippen LogP contribution is 2.42. The van der Waals surface area contributed by atoms with E-state index in [1.54, 1.807) is 6.20 Å². The van der Waals surface area contributed by atoms with Crippen molar-refractivity contribution in [3.63, 3.8) is 0 Å². The number of aromatic nitrogens is 2. The molecule has 1 aromatic rings. The number of likely N-dealkylation sites (N-methyl/N-ethyl adjacent to an activating group) is 1. The van der Waals surface area contributed by atoms with E-state index in [1.807, 2.05) is 11.8 Å². The van der Waals surface area contributed by atoms with E-state index in [4.69, 9.17) is 16.3 Å². The molecule has 1 aliphatic rings. The number of halogens is 1. The lowest BCUT2D eigenvalue weighted by atomic mass is 9.77. The SMILES string of the molecule is CCNC(c1c(Cl)cnn1CC)C1(OC)CCCCC1. The zero-order chi connectivity index (χ0) is 14.6. The van der Waals surface area contributed by atoms with Crippen molar-refractivity contribution in [3.05, 3.63) is 16.9 Å². The van der Waals surface area contributed by atoms with Crippen LogP contribution in [0.4, 0.5) is 0 Å². The molecule has 0 aromatic carbocycles. The van der Waals surface area contributed by atoms with Gasteiger partial charge in [-0.05, 0) is 26.3 Å². The van der Waals surface area contributed by atoms with E-state index >= 15 is 0 Å². The van der Waals surface area contributed by atoms with Crippen molar-refractivity contribution in [2.24, 2.45) is 0 Å². The molecule has 1 aromatic heterocycles. The third-order valence-electron chi connectivity index (χ3n) is 4.45. The van der Waals surface area contributed by atoms with Crippen LogP contribution < -0.4 is 5.32 Å². The topological polar surface area (TPSA) is 39.1 Å². The van der Waals surface area contributed by atoms with Gasteiger partial charge < -0.3 is 10.1 Å². The van der Waals surface area contributed by atoms with Crippen molar-refractivity contribution in [3.8, 4) is 0 Å². The molecule has 1 unspecified atom stereocenters. The summed E-state index contributed by atoms with van der Waals surface area (Å²) >= 11 is 6.41. The van der Waals surface area contributed by atoms with E-state index in [2.05, 4.69) is 24.3 Å². The van der Waals surface area contributed by atoms with Gasteiger partial charge in [-0.25, -0.2) is 0 Å². The molecule has 0 aliphatic heterocycles. The maximum atomic E-state index is 6.41. The van der Waals surface area contributed by atoms with Crippen LogP contribution in [0.2, 0.25) is 5.02 Å². The first-order valence-corrected chi connectivity index (χ1v) is 8.06. The first-order valence-electron chi connectivity index (χ1n) is 7.68. The van der Waals surface area contributed by atoms with Crippen molar-refractivity contribution >= 4 is 11.6 Å². The van der Waals surface area contributed by atoms with Crippen LogP contribution in [0.15, 0.2) is 6.20 Å². The van der Waals surface area contributed by atoms with Crippen LogP contribution in [-0.4, -0.2) is 29.0 Å². The number of hydrogen-bond acceptors (Lipinski definition) is 3. The fourth-order valence-electron chi connectivity index (χ4n) is 3.41. The second-order valence-electron chi connectivity index (χ2n) is 5.51. The van der Waals surface area contributed by atoms with Crippen molar-refractivity contribution in [2.75, 3.05) is 13.7 Å². The molecular weight excluding hydrogens is 274 g/mol. The van der Waals surface area contributed by atoms with Crippen LogP contribution in [0.25, 0.3) is 0 Å². The van der Waals surface area contributed by atoms with Crippen LogP contribution >= 0.6 is 11.6 Å². The van der Waals surface area contributed by atoms with Crippen LogP contribution in [0.5, 0.6) is 0 Å². The maximum absolute atomic E-state index is 6.41. The van der Waals surface area contributed by atoms with Gasteiger partial charge in [-0.3, -0.25) is 4.68 Å². The quantitative estimate of drug-likeness (QED) is 0.873. The summed E-state index contributed by atoms with van der Waals surface area (Å²) in [6.45, 7) is 5.93. The van der Waals surface area contributed by atoms with Crippen molar-refractivity contribution in [2.45, 2.75) is 64.1 Å². The van der Waals surface area contributed by atoms with E-state index in [1.165, 1.54) is 19.3 Å². The summed E-state index contributed by atoms with van der Waals surface area (Å²) in [7, 11) is 1.83. The monoisotopic (exact) mass is 299 g/mol. The molecule has 20 heavy (non-hydrogen) atoms. The Morgan fingerprint density at radius 1 is 1.40 bits per heavy atom. The highest BCUT2D eigenvalue weighted by Gasteiger charge is 2.42. The van der Waals surface area contributed by atoms with Crippen LogP contribution in [-0.2, 0) is 11.3 Å². The Kier molecular flexibility index (Phi) is 5.47. The Hall–Kier alpha value is -0.580. The summed E-state index contributed by atoms with van der Waals surface area (Å²) < 4.78 is 8.00. The molecule has 1 N–H and O–H groups in total. The highest BCUT2D eigenvalue weighted by molar-refractivity contribution is 6.31. The van der Waals surface area contributed by atoms with Gasteiger partial charge >= 0.3 is 0 Å². The predicted molar refractivity (Wildman–Crippen MR) is 82.2 cm³/mol. The minimum Gasteiger partial charge on any atom is -0.376 e. The summed E-state index contributed by atoms with van der Waals surface area (Å²) in [6.07, 6.45) is 7.63. The minimum atomic E-state index is -0.162. The summed E-state index contributed by atoms with van der Waals surface area (Å²) in [5.41, 5.74) is 0.907. The number of nitrogens with one attached hydrogen (secondary N) is 1. The summed E-state index contributed by atoms with van der Waals surface area (Å²) in [6, 6.07) is 0.104. The van der Waals surface area contributed by atoms with Gasteiger partial charge in [0.2, 0.25) is 0 Å². The number of nitrogens with zero attached hydrogens (tertiary/aromatic N) is 2. The molecule has 0 spiro atoms. The number of aryl methyl sites for hydroxylation is 1. The fourth-order valence-corrected chi connectivity index (χ4v) is 3.66. The average molecular weight is 300 g/mol. The smallest absolute Gasteiger partial charge is 0.0888 e. The Bertz CT molecular complexity index is 427. The molecular formula is C15H26ClN3O. The lowest BCUT2D eigenvalue weighted by Gasteiger charge is -2.43. The van der Waals surface area contributed by atoms with E-state index in [9.17, 15) is 0 Å². The van der Waals surface area contributed by atoms with Gasteiger partial charge in [0, 0.05) is 13.7 Å². The minimum absolute atomic E-state index is 0.104. The van der Waals surface area contributed by atoms with Crippen LogP contribution in [0.3, 0.4) is 0 Å². The van der Waals surface area contributed by atoms with E-state index < -0.39 is 0 Å². The molecule has 1 heterocycles. The third kappa shape index (κ3) is 2.87. The molecule has 1 aliphatic carbocycles. The van der Waals surface area contributed by atoms with E-state index in [0.717, 1.165) is 36.6 Å². The van der Waals surface area contributed by atoms with E-state index in [0.29, 0.717) is 0 Å². The van der Waals surface area contributed by atoms with Gasteiger partial charge in [-0.2, -0.15) is 5.10 Å². The van der Waals surface area contributed by atoms with Crippen molar-refractivity contribution < 1.29 is 4.74 Å². The molecule has 1 fully saturated rings. The zero-order valence-electron chi connectivity index (χ0n) is 12.8. The number of ether oxygens (including phenoxy) is 1. The lowest BCUT2D eigenvalue weighted by Crippen LogP contribution is -2.48. The highest BCUT2D eigenvalue weighted by atomic mass is 35.5. The molecule has 0 bridgehead atoms. The Morgan fingerprint density at radius 2 is 2.10 bits per heavy atom. The number of hydrogen-bond donors (Lipinski definition) is 1. The summed E-state index contributed by atoms with van der Waals surface area (Å²) in [4.78, 5) is 0. The largest absolute Gasteiger partial charge is 0.376 e. The predicted octanol–water partition coefficient (Wildman–Crippen LogP) is 3.56. The van der Waals surface area contributed by atoms with Gasteiger partial charge in [0.05, 0.1) is 28.6 Å². The van der Waals surface area contributed by atoms with E-state index in [-0.39, 0.29) is 11.6 Å². The summed E-state index contributed by atoms with van der Waals surface area (Å²) in [5.74, 6) is 0. The second kappa shape index (κ2) is 6.92. The molecule has 1 atom stereocenters. The van der Waals surface area contributed by atoms with Gasteiger partial charge in [-0.1, -0.05) is 37.8 Å². The molecule has 4 nitrogen and oxygen atoms in total. The fraction of sp³-hybridized carbons (Fsp3) is 0.800. The Labute approximate surface area is 126 Å². The van der Waals surface area contributed by atoms with Crippen LogP contribution in [0, 0.1) is 0 Å². The Morgan fingerprint density at radius 3 is 2.65 bits per heavy atom. The molecule has 0 saturated heterocycles. The molecule has 5 heteroatoms. The van der Waals surface area contributed by atoms with Gasteiger partial charge in [-0.15, -0.1) is 0 Å². The third-order valence-corrected chi connectivity index (χ3v) is 4.74. The van der Waals surface area contributed by atoms with Crippen molar-refractivity contribution in [1.82, 2.24) is 15.1 Å². The normalized spacial score (nSPS) is 20.0. The summed E-state index contributed by atoms with van der Waals surface area (Å²) in [5, 5.41) is 8.71. The Balaban J connectivity index is 2.40. The maximum Gasteiger partial charge on any atom is 0.0888 e. The van der Waals surface area contributed by atoms with Gasteiger partial charge in [0.15, 0.2) is 0 Å². The standard InChI is InChI=1S/C15H26ClN3O/c1-4-17-14(13-12(16)11-18-19(13)5-2)15(20-3)9-7-6-8-10-15/h11,14,17H,4-10H2,1-3H3. The van der Waals surface area contributed by atoms with Gasteiger partial charge in [0.1, 0.15) is 0 Å². The molecule has 2 rings (SSSR count). The van der Waals surface area contributed by atoms with Crippen molar-refractivity contribution in [1.29, 1.82) is 0 Å². The average Bonchev–Trinajstić information content (AvgIpc) is 2.86. The van der Waals surface area contributed by atoms with Gasteiger partial charge in [0.25, 0.3) is 0 Å². The number of methoxy groups -OCH3 is 1. The lowest BCUT2D eigenvalue weighted by molar-refractivity contribution is -0.0703. The molecule has 0 amide bonds.